The van der Waals surface area contributed by atoms with Gasteiger partial charge in [0.05, 0.1) is 20.8 Å². The number of hydrogen-bond acceptors (Lipinski definition) is 8. The lowest BCUT2D eigenvalue weighted by Crippen LogP contribution is -2.24. The van der Waals surface area contributed by atoms with Gasteiger partial charge in [-0.25, -0.2) is 0 Å². The summed E-state index contributed by atoms with van der Waals surface area (Å²) in [7, 11) is -5.05. The molecule has 4 rings (SSSR count). The maximum absolute atomic E-state index is 14.0. The molecule has 0 spiro atoms. The zero-order valence-corrected chi connectivity index (χ0v) is 23.0. The Balaban J connectivity index is 2.12. The van der Waals surface area contributed by atoms with Crippen molar-refractivity contribution in [2.75, 3.05) is 0 Å². The Kier molecular flexibility index (Phi) is 7.67. The third kappa shape index (κ3) is 5.66. The fourth-order valence-electron chi connectivity index (χ4n) is 3.54. The SMILES string of the molecule is O=[N+]([O-])c1cc(Cl)cc2c1OP(=O)(Oc1ccccc1Cl)Oc1c(cc(Cl)cc1[N+](=O)[O-])C2C(Cl)(Cl)Cl. The van der Waals surface area contributed by atoms with Gasteiger partial charge in [-0.2, -0.15) is 4.57 Å². The molecule has 0 unspecified atom stereocenters. The van der Waals surface area contributed by atoms with E-state index in [0.29, 0.717) is 0 Å². The molecule has 1 aliphatic rings. The monoisotopic (exact) mass is 646 g/mol. The summed E-state index contributed by atoms with van der Waals surface area (Å²) >= 11 is 37.1. The molecule has 0 saturated heterocycles. The molecule has 0 N–H and O–H groups in total. The Hall–Kier alpha value is -2.17. The highest BCUT2D eigenvalue weighted by Crippen LogP contribution is 2.62. The number of rotatable bonds is 4. The number of phosphoric acid groups is 1. The molecular weight excluding hydrogens is 640 g/mol. The Morgan fingerprint density at radius 1 is 0.838 bits per heavy atom. The molecule has 0 radical (unpaired) electrons. The molecule has 0 fully saturated rings. The first-order valence-corrected chi connectivity index (χ1v) is 13.4. The van der Waals surface area contributed by atoms with Crippen LogP contribution in [0.2, 0.25) is 15.1 Å². The zero-order valence-electron chi connectivity index (χ0n) is 17.6. The van der Waals surface area contributed by atoms with E-state index in [-0.39, 0.29) is 31.9 Å². The van der Waals surface area contributed by atoms with Crippen LogP contribution in [0.4, 0.5) is 11.4 Å². The lowest BCUT2D eigenvalue weighted by molar-refractivity contribution is -0.385. The minimum absolute atomic E-state index is 0.0391. The van der Waals surface area contributed by atoms with Gasteiger partial charge in [0.1, 0.15) is 0 Å². The van der Waals surface area contributed by atoms with Gasteiger partial charge in [-0.15, -0.1) is 0 Å². The van der Waals surface area contributed by atoms with Gasteiger partial charge in [0.25, 0.3) is 0 Å². The maximum Gasteiger partial charge on any atom is 0.647 e. The summed E-state index contributed by atoms with van der Waals surface area (Å²) in [4.78, 5) is 22.1. The summed E-state index contributed by atoms with van der Waals surface area (Å²) in [6, 6.07) is 9.81. The second-order valence-corrected chi connectivity index (χ2v) is 12.4. The van der Waals surface area contributed by atoms with Gasteiger partial charge < -0.3 is 13.6 Å². The summed E-state index contributed by atoms with van der Waals surface area (Å²) in [5.41, 5.74) is -2.09. The average molecular weight is 649 g/mol. The second kappa shape index (κ2) is 10.2. The summed E-state index contributed by atoms with van der Waals surface area (Å²) in [5, 5.41) is 23.4. The van der Waals surface area contributed by atoms with E-state index < -0.39 is 50.3 Å². The van der Waals surface area contributed by atoms with Crippen molar-refractivity contribution in [3.8, 4) is 17.2 Å². The standard InChI is InChI=1S/C20H9Cl6N2O8P/c21-9-5-11-17(20(24,25)26)12-6-10(22)8-15(28(31)32)19(12)36-37(33,34-16-4-2-1-3-13(16)23)35-18(11)14(7-9)27(29)30/h1-8,17H. The molecule has 3 aromatic rings. The Morgan fingerprint density at radius 2 is 1.30 bits per heavy atom. The topological polar surface area (TPSA) is 131 Å². The third-order valence-corrected chi connectivity index (χ3v) is 7.56. The quantitative estimate of drug-likeness (QED) is 0.119. The van der Waals surface area contributed by atoms with Crippen LogP contribution in [0.3, 0.4) is 0 Å². The molecule has 3 aromatic carbocycles. The number of phosphoric ester groups is 1. The van der Waals surface area contributed by atoms with E-state index in [1.54, 1.807) is 6.07 Å². The second-order valence-electron chi connectivity index (χ2n) is 7.33. The average Bonchev–Trinajstić information content (AvgIpc) is 2.76. The predicted octanol–water partition coefficient (Wildman–Crippen LogP) is 8.92. The van der Waals surface area contributed by atoms with E-state index in [4.69, 9.17) is 83.2 Å². The fourth-order valence-corrected chi connectivity index (χ4v) is 6.27. The van der Waals surface area contributed by atoms with E-state index in [9.17, 15) is 24.8 Å². The van der Waals surface area contributed by atoms with Crippen molar-refractivity contribution in [2.45, 2.75) is 9.71 Å². The van der Waals surface area contributed by atoms with Gasteiger partial charge in [0.15, 0.2) is 5.75 Å². The third-order valence-electron chi connectivity index (χ3n) is 4.92. The molecule has 17 heteroatoms. The number of nitro benzene ring substituents is 2. The van der Waals surface area contributed by atoms with E-state index in [2.05, 4.69) is 0 Å². The van der Waals surface area contributed by atoms with Gasteiger partial charge in [0.2, 0.25) is 15.3 Å². The largest absolute Gasteiger partial charge is 0.647 e. The highest BCUT2D eigenvalue weighted by Gasteiger charge is 2.49. The molecule has 0 atom stereocenters. The van der Waals surface area contributed by atoms with Crippen molar-refractivity contribution in [2.24, 2.45) is 0 Å². The number of hydrogen-bond donors (Lipinski definition) is 0. The molecule has 0 amide bonds. The molecule has 37 heavy (non-hydrogen) atoms. The van der Waals surface area contributed by atoms with Crippen LogP contribution in [0, 0.1) is 20.2 Å². The highest BCUT2D eigenvalue weighted by atomic mass is 35.6. The number of para-hydroxylation sites is 1. The molecule has 1 aliphatic heterocycles. The number of nitrogens with zero attached hydrogens (tertiary/aromatic N) is 2. The molecule has 0 aliphatic carbocycles. The summed E-state index contributed by atoms with van der Waals surface area (Å²) in [6.07, 6.45) is 0. The fraction of sp³-hybridized carbons (Fsp3) is 0.100. The predicted molar refractivity (Wildman–Crippen MR) is 139 cm³/mol. The van der Waals surface area contributed by atoms with Crippen molar-refractivity contribution in [1.82, 2.24) is 0 Å². The van der Waals surface area contributed by atoms with Crippen molar-refractivity contribution in [3.63, 3.8) is 0 Å². The van der Waals surface area contributed by atoms with Crippen molar-refractivity contribution in [3.05, 3.63) is 95.0 Å². The van der Waals surface area contributed by atoms with Gasteiger partial charge in [-0.3, -0.25) is 20.2 Å². The van der Waals surface area contributed by atoms with Gasteiger partial charge >= 0.3 is 19.2 Å². The molecular formula is C20H9Cl6N2O8P. The van der Waals surface area contributed by atoms with Crippen LogP contribution in [0.25, 0.3) is 0 Å². The van der Waals surface area contributed by atoms with Gasteiger partial charge in [-0.05, 0) is 24.3 Å². The van der Waals surface area contributed by atoms with Crippen molar-refractivity contribution < 1.29 is 28.0 Å². The van der Waals surface area contributed by atoms with Crippen LogP contribution in [-0.4, -0.2) is 13.6 Å². The summed E-state index contributed by atoms with van der Waals surface area (Å²) in [6.45, 7) is 0. The van der Waals surface area contributed by atoms with E-state index in [1.165, 1.54) is 18.2 Å². The lowest BCUT2D eigenvalue weighted by Gasteiger charge is -2.32. The smallest absolute Gasteiger partial charge is 0.384 e. The molecule has 1 heterocycles. The molecule has 0 aromatic heterocycles. The van der Waals surface area contributed by atoms with Gasteiger partial charge in [-0.1, -0.05) is 81.7 Å². The summed E-state index contributed by atoms with van der Waals surface area (Å²) in [5.74, 6) is -3.14. The van der Waals surface area contributed by atoms with Crippen LogP contribution >= 0.6 is 77.4 Å². The van der Waals surface area contributed by atoms with Crippen LogP contribution in [0.5, 0.6) is 17.2 Å². The Bertz CT molecular complexity index is 1420. The number of nitro groups is 2. The normalized spacial score (nSPS) is 18.8. The minimum Gasteiger partial charge on any atom is -0.384 e. The Morgan fingerprint density at radius 3 is 1.70 bits per heavy atom. The minimum atomic E-state index is -5.05. The number of fused-ring (bicyclic) bond motifs is 2. The number of alkyl halides is 3. The molecule has 0 saturated carbocycles. The van der Waals surface area contributed by atoms with Crippen LogP contribution in [-0.2, 0) is 4.57 Å². The molecule has 194 valence electrons. The molecule has 10 nitrogen and oxygen atoms in total. The number of halogens is 6. The van der Waals surface area contributed by atoms with E-state index in [1.807, 2.05) is 0 Å². The van der Waals surface area contributed by atoms with Gasteiger partial charge in [0, 0.05) is 33.3 Å². The first-order chi connectivity index (χ1) is 17.2. The van der Waals surface area contributed by atoms with E-state index in [0.717, 1.165) is 24.3 Å². The van der Waals surface area contributed by atoms with Crippen LogP contribution in [0.1, 0.15) is 17.0 Å². The lowest BCUT2D eigenvalue weighted by atomic mass is 9.90. The molecule has 0 bridgehead atoms. The maximum atomic E-state index is 14.0. The number of benzene rings is 3. The van der Waals surface area contributed by atoms with Crippen molar-refractivity contribution in [1.29, 1.82) is 0 Å². The Labute approximate surface area is 237 Å². The van der Waals surface area contributed by atoms with Crippen LogP contribution < -0.4 is 13.6 Å². The summed E-state index contributed by atoms with van der Waals surface area (Å²) < 4.78 is 28.1. The first kappa shape index (κ1) is 27.9. The first-order valence-electron chi connectivity index (χ1n) is 9.66. The zero-order chi connectivity index (χ0) is 27.3. The van der Waals surface area contributed by atoms with E-state index >= 15 is 0 Å². The van der Waals surface area contributed by atoms with Crippen molar-refractivity contribution >= 4 is 88.8 Å². The van der Waals surface area contributed by atoms with Crippen LogP contribution in [0.15, 0.2) is 48.5 Å². The highest BCUT2D eigenvalue weighted by molar-refractivity contribution is 7.49.